The molecule has 19 heavy (non-hydrogen) atoms. The van der Waals surface area contributed by atoms with E-state index >= 15 is 0 Å². The van der Waals surface area contributed by atoms with Gasteiger partial charge >= 0.3 is 0 Å². The van der Waals surface area contributed by atoms with Crippen molar-refractivity contribution in [1.29, 1.82) is 0 Å². The highest BCUT2D eigenvalue weighted by Gasteiger charge is 2.29. The number of Topliss-reactive ketones (excluding diaryl/α,β-unsaturated/α-hetero) is 1. The summed E-state index contributed by atoms with van der Waals surface area (Å²) in [4.78, 5) is 12.2. The number of rotatable bonds is 4. The minimum absolute atomic E-state index is 0.0214. The first-order chi connectivity index (χ1) is 9.09. The second kappa shape index (κ2) is 6.39. The van der Waals surface area contributed by atoms with Crippen LogP contribution in [0.25, 0.3) is 0 Å². The molecule has 2 rings (SSSR count). The van der Waals surface area contributed by atoms with Crippen molar-refractivity contribution in [3.63, 3.8) is 0 Å². The van der Waals surface area contributed by atoms with Crippen LogP contribution >= 0.6 is 0 Å². The molecule has 0 N–H and O–H groups in total. The number of halogens is 1. The standard InChI is InChI=1S/C14H17FO3S/c1-10(19(17)13-6-8-18-9-7-13)14(16)11-2-4-12(15)5-3-11/h2-5,10,13H,6-9H2,1H3. The van der Waals surface area contributed by atoms with E-state index in [4.69, 9.17) is 4.74 Å². The van der Waals surface area contributed by atoms with Crippen molar-refractivity contribution in [2.45, 2.75) is 30.3 Å². The van der Waals surface area contributed by atoms with Gasteiger partial charge in [-0.1, -0.05) is 0 Å². The summed E-state index contributed by atoms with van der Waals surface area (Å²) in [6.07, 6.45) is 1.46. The zero-order valence-electron chi connectivity index (χ0n) is 10.8. The van der Waals surface area contributed by atoms with E-state index in [2.05, 4.69) is 0 Å². The quantitative estimate of drug-likeness (QED) is 0.797. The molecule has 0 aliphatic carbocycles. The monoisotopic (exact) mass is 284 g/mol. The Morgan fingerprint density at radius 3 is 2.47 bits per heavy atom. The third kappa shape index (κ3) is 3.48. The number of hydrogen-bond acceptors (Lipinski definition) is 3. The molecule has 1 saturated heterocycles. The molecule has 2 unspecified atom stereocenters. The maximum absolute atomic E-state index is 12.8. The Balaban J connectivity index is 2.05. The number of ether oxygens (including phenoxy) is 1. The highest BCUT2D eigenvalue weighted by Crippen LogP contribution is 2.19. The van der Waals surface area contributed by atoms with E-state index in [1.54, 1.807) is 6.92 Å². The Kier molecular flexibility index (Phi) is 4.82. The van der Waals surface area contributed by atoms with E-state index in [-0.39, 0.29) is 16.9 Å². The zero-order chi connectivity index (χ0) is 13.8. The number of ketones is 1. The maximum Gasteiger partial charge on any atom is 0.178 e. The highest BCUT2D eigenvalue weighted by molar-refractivity contribution is 7.87. The summed E-state index contributed by atoms with van der Waals surface area (Å²) >= 11 is 0. The predicted molar refractivity (Wildman–Crippen MR) is 72.2 cm³/mol. The molecule has 1 aromatic carbocycles. The molecule has 104 valence electrons. The molecule has 2 atom stereocenters. The Morgan fingerprint density at radius 2 is 1.89 bits per heavy atom. The van der Waals surface area contributed by atoms with Gasteiger partial charge in [-0.3, -0.25) is 9.00 Å². The Labute approximate surface area is 114 Å². The molecule has 1 aromatic rings. The van der Waals surface area contributed by atoms with Crippen LogP contribution < -0.4 is 0 Å². The zero-order valence-corrected chi connectivity index (χ0v) is 11.6. The van der Waals surface area contributed by atoms with E-state index in [0.717, 1.165) is 12.8 Å². The minimum atomic E-state index is -1.21. The number of carbonyl (C=O) groups excluding carboxylic acids is 1. The lowest BCUT2D eigenvalue weighted by Gasteiger charge is -2.24. The Morgan fingerprint density at radius 1 is 1.32 bits per heavy atom. The highest BCUT2D eigenvalue weighted by atomic mass is 32.2. The van der Waals surface area contributed by atoms with Gasteiger partial charge in [-0.05, 0) is 44.0 Å². The topological polar surface area (TPSA) is 43.4 Å². The van der Waals surface area contributed by atoms with E-state index < -0.39 is 16.0 Å². The first-order valence-corrected chi connectivity index (χ1v) is 7.64. The molecule has 1 aliphatic rings. The lowest BCUT2D eigenvalue weighted by molar-refractivity contribution is 0.0966. The SMILES string of the molecule is CC(C(=O)c1ccc(F)cc1)S(=O)C1CCOCC1. The van der Waals surface area contributed by atoms with Gasteiger partial charge < -0.3 is 4.74 Å². The average Bonchev–Trinajstić information content (AvgIpc) is 2.46. The van der Waals surface area contributed by atoms with Crippen molar-refractivity contribution in [2.75, 3.05) is 13.2 Å². The second-order valence-electron chi connectivity index (χ2n) is 4.65. The lowest BCUT2D eigenvalue weighted by Crippen LogP contribution is -2.34. The molecule has 1 heterocycles. The van der Waals surface area contributed by atoms with Crippen LogP contribution in [-0.2, 0) is 15.5 Å². The molecule has 0 spiro atoms. The van der Waals surface area contributed by atoms with Gasteiger partial charge in [-0.2, -0.15) is 0 Å². The minimum Gasteiger partial charge on any atom is -0.381 e. The van der Waals surface area contributed by atoms with Crippen molar-refractivity contribution in [1.82, 2.24) is 0 Å². The molecule has 5 heteroatoms. The van der Waals surface area contributed by atoms with Gasteiger partial charge in [0, 0.05) is 34.8 Å². The van der Waals surface area contributed by atoms with Crippen LogP contribution in [0, 0.1) is 5.82 Å². The van der Waals surface area contributed by atoms with Crippen molar-refractivity contribution in [3.8, 4) is 0 Å². The molecular formula is C14H17FO3S. The fourth-order valence-corrected chi connectivity index (χ4v) is 3.73. The van der Waals surface area contributed by atoms with E-state index in [1.807, 2.05) is 0 Å². The van der Waals surface area contributed by atoms with Crippen molar-refractivity contribution < 1.29 is 18.1 Å². The normalized spacial score (nSPS) is 19.9. The van der Waals surface area contributed by atoms with Crippen molar-refractivity contribution >= 4 is 16.6 Å². The lowest BCUT2D eigenvalue weighted by atomic mass is 10.1. The van der Waals surface area contributed by atoms with Crippen LogP contribution in [0.5, 0.6) is 0 Å². The van der Waals surface area contributed by atoms with Crippen LogP contribution in [0.4, 0.5) is 4.39 Å². The molecule has 0 amide bonds. The molecule has 0 aromatic heterocycles. The van der Waals surface area contributed by atoms with Gasteiger partial charge in [0.05, 0.1) is 5.25 Å². The van der Waals surface area contributed by atoms with Crippen LogP contribution in [0.2, 0.25) is 0 Å². The van der Waals surface area contributed by atoms with Crippen LogP contribution in [0.15, 0.2) is 24.3 Å². The molecule has 1 fully saturated rings. The summed E-state index contributed by atoms with van der Waals surface area (Å²) in [6.45, 7) is 2.89. The Hall–Kier alpha value is -1.07. The van der Waals surface area contributed by atoms with Gasteiger partial charge in [0.1, 0.15) is 5.82 Å². The van der Waals surface area contributed by atoms with E-state index in [9.17, 15) is 13.4 Å². The molecule has 3 nitrogen and oxygen atoms in total. The molecule has 0 saturated carbocycles. The largest absolute Gasteiger partial charge is 0.381 e. The summed E-state index contributed by atoms with van der Waals surface area (Å²) in [5, 5.41) is -0.540. The third-order valence-electron chi connectivity index (χ3n) is 3.34. The second-order valence-corrected chi connectivity index (χ2v) is 6.68. The Bertz CT molecular complexity index is 466. The van der Waals surface area contributed by atoms with Gasteiger partial charge in [0.25, 0.3) is 0 Å². The van der Waals surface area contributed by atoms with E-state index in [1.165, 1.54) is 24.3 Å². The summed E-state index contributed by atoms with van der Waals surface area (Å²) in [5.41, 5.74) is 0.411. The summed E-state index contributed by atoms with van der Waals surface area (Å²) in [7, 11) is -1.21. The number of carbonyl (C=O) groups is 1. The number of benzene rings is 1. The van der Waals surface area contributed by atoms with E-state index in [0.29, 0.717) is 18.8 Å². The average molecular weight is 284 g/mol. The van der Waals surface area contributed by atoms with Gasteiger partial charge in [0.2, 0.25) is 0 Å². The van der Waals surface area contributed by atoms with Gasteiger partial charge in [-0.25, -0.2) is 4.39 Å². The fraction of sp³-hybridized carbons (Fsp3) is 0.500. The van der Waals surface area contributed by atoms with Crippen LogP contribution in [0.1, 0.15) is 30.1 Å². The van der Waals surface area contributed by atoms with Crippen LogP contribution in [0.3, 0.4) is 0 Å². The smallest absolute Gasteiger partial charge is 0.178 e. The fourth-order valence-electron chi connectivity index (χ4n) is 2.15. The maximum atomic E-state index is 12.8. The first kappa shape index (κ1) is 14.3. The molecule has 0 radical (unpaired) electrons. The first-order valence-electron chi connectivity index (χ1n) is 6.36. The number of hydrogen-bond donors (Lipinski definition) is 0. The van der Waals surface area contributed by atoms with Gasteiger partial charge in [-0.15, -0.1) is 0 Å². The summed E-state index contributed by atoms with van der Waals surface area (Å²) in [6, 6.07) is 5.37. The predicted octanol–water partition coefficient (Wildman–Crippen LogP) is 2.32. The summed E-state index contributed by atoms with van der Waals surface area (Å²) < 4.78 is 30.4. The third-order valence-corrected chi connectivity index (χ3v) is 5.38. The van der Waals surface area contributed by atoms with Gasteiger partial charge in [0.15, 0.2) is 5.78 Å². The molecular weight excluding hydrogens is 267 g/mol. The van der Waals surface area contributed by atoms with Crippen molar-refractivity contribution in [3.05, 3.63) is 35.6 Å². The van der Waals surface area contributed by atoms with Crippen LogP contribution in [-0.4, -0.2) is 33.7 Å². The molecule has 0 bridgehead atoms. The van der Waals surface area contributed by atoms with Crippen molar-refractivity contribution in [2.24, 2.45) is 0 Å². The molecule has 1 aliphatic heterocycles. The summed E-state index contributed by atoms with van der Waals surface area (Å²) in [5.74, 6) is -0.570.